The van der Waals surface area contributed by atoms with Crippen molar-refractivity contribution in [1.82, 2.24) is 9.97 Å². The SMILES string of the molecule is CC(C)(CO)Nc1nc(NN)ncc1Cl. The number of anilines is 2. The summed E-state index contributed by atoms with van der Waals surface area (Å²) in [5, 5.41) is 12.4. The summed E-state index contributed by atoms with van der Waals surface area (Å²) in [6.45, 7) is 3.60. The van der Waals surface area contributed by atoms with Gasteiger partial charge in [-0.05, 0) is 13.8 Å². The van der Waals surface area contributed by atoms with Crippen LogP contribution in [0.4, 0.5) is 11.8 Å². The fourth-order valence-corrected chi connectivity index (χ4v) is 1.02. The maximum Gasteiger partial charge on any atom is 0.239 e. The quantitative estimate of drug-likeness (QED) is 0.448. The second-order valence-corrected chi connectivity index (χ2v) is 4.11. The van der Waals surface area contributed by atoms with Gasteiger partial charge in [0.15, 0.2) is 5.82 Å². The van der Waals surface area contributed by atoms with Crippen molar-refractivity contribution in [2.24, 2.45) is 5.84 Å². The first kappa shape index (κ1) is 12.0. The van der Waals surface area contributed by atoms with Crippen LogP contribution in [0.1, 0.15) is 13.8 Å². The topological polar surface area (TPSA) is 96.1 Å². The molecular weight excluding hydrogens is 218 g/mol. The molecule has 0 saturated carbocycles. The predicted molar refractivity (Wildman–Crippen MR) is 59.6 cm³/mol. The Hall–Kier alpha value is -1.11. The minimum absolute atomic E-state index is 0.0429. The Morgan fingerprint density at radius 3 is 2.80 bits per heavy atom. The molecule has 0 bridgehead atoms. The molecule has 84 valence electrons. The van der Waals surface area contributed by atoms with Crippen molar-refractivity contribution in [3.63, 3.8) is 0 Å². The first-order valence-electron chi connectivity index (χ1n) is 4.37. The van der Waals surface area contributed by atoms with Gasteiger partial charge in [0.2, 0.25) is 5.95 Å². The number of hydrazine groups is 1. The molecule has 1 aromatic rings. The third kappa shape index (κ3) is 3.19. The van der Waals surface area contributed by atoms with Crippen LogP contribution in [0.3, 0.4) is 0 Å². The molecule has 0 spiro atoms. The van der Waals surface area contributed by atoms with Crippen molar-refractivity contribution in [2.75, 3.05) is 17.3 Å². The first-order chi connectivity index (χ1) is 6.98. The van der Waals surface area contributed by atoms with Crippen molar-refractivity contribution >= 4 is 23.4 Å². The molecule has 1 aromatic heterocycles. The monoisotopic (exact) mass is 231 g/mol. The zero-order valence-electron chi connectivity index (χ0n) is 8.58. The molecule has 6 nitrogen and oxygen atoms in total. The number of nitrogens with zero attached hydrogens (tertiary/aromatic N) is 2. The average Bonchev–Trinajstić information content (AvgIpc) is 2.21. The number of hydrogen-bond donors (Lipinski definition) is 4. The third-order valence-corrected chi connectivity index (χ3v) is 2.00. The van der Waals surface area contributed by atoms with Gasteiger partial charge in [-0.15, -0.1) is 0 Å². The lowest BCUT2D eigenvalue weighted by molar-refractivity contribution is 0.234. The van der Waals surface area contributed by atoms with E-state index in [-0.39, 0.29) is 12.6 Å². The van der Waals surface area contributed by atoms with Gasteiger partial charge in [0.1, 0.15) is 5.02 Å². The van der Waals surface area contributed by atoms with E-state index in [1.165, 1.54) is 6.20 Å². The summed E-state index contributed by atoms with van der Waals surface area (Å²) in [5.41, 5.74) is 1.80. The van der Waals surface area contributed by atoms with Crippen molar-refractivity contribution < 1.29 is 5.11 Å². The van der Waals surface area contributed by atoms with E-state index in [4.69, 9.17) is 22.6 Å². The molecule has 15 heavy (non-hydrogen) atoms. The Morgan fingerprint density at radius 2 is 2.27 bits per heavy atom. The van der Waals surface area contributed by atoms with E-state index in [1.807, 2.05) is 13.8 Å². The fourth-order valence-electron chi connectivity index (χ4n) is 0.884. The Bertz CT molecular complexity index is 344. The highest BCUT2D eigenvalue weighted by Crippen LogP contribution is 2.22. The smallest absolute Gasteiger partial charge is 0.239 e. The van der Waals surface area contributed by atoms with E-state index in [1.54, 1.807) is 0 Å². The van der Waals surface area contributed by atoms with Gasteiger partial charge in [-0.3, -0.25) is 5.43 Å². The van der Waals surface area contributed by atoms with Gasteiger partial charge in [-0.1, -0.05) is 11.6 Å². The van der Waals surface area contributed by atoms with Gasteiger partial charge in [0.25, 0.3) is 0 Å². The number of rotatable bonds is 4. The number of hydrogen-bond acceptors (Lipinski definition) is 6. The summed E-state index contributed by atoms with van der Waals surface area (Å²) in [6.07, 6.45) is 1.43. The number of halogens is 1. The molecule has 7 heteroatoms. The summed E-state index contributed by atoms with van der Waals surface area (Å²) >= 11 is 5.88. The summed E-state index contributed by atoms with van der Waals surface area (Å²) in [5.74, 6) is 5.86. The van der Waals surface area contributed by atoms with Crippen LogP contribution in [0, 0.1) is 0 Å². The molecule has 0 aliphatic rings. The van der Waals surface area contributed by atoms with Gasteiger partial charge >= 0.3 is 0 Å². The molecule has 0 atom stereocenters. The molecule has 5 N–H and O–H groups in total. The number of aromatic nitrogens is 2. The first-order valence-corrected chi connectivity index (χ1v) is 4.74. The van der Waals surface area contributed by atoms with Crippen LogP contribution in [0.5, 0.6) is 0 Å². The Morgan fingerprint density at radius 1 is 1.60 bits per heavy atom. The van der Waals surface area contributed by atoms with E-state index in [9.17, 15) is 0 Å². The average molecular weight is 232 g/mol. The van der Waals surface area contributed by atoms with Crippen molar-refractivity contribution in [2.45, 2.75) is 19.4 Å². The molecule has 1 heterocycles. The molecule has 0 radical (unpaired) electrons. The summed E-state index contributed by atoms with van der Waals surface area (Å²) in [4.78, 5) is 7.85. The molecule has 0 fully saturated rings. The zero-order valence-corrected chi connectivity index (χ0v) is 9.34. The minimum Gasteiger partial charge on any atom is -0.394 e. The molecule has 0 amide bonds. The predicted octanol–water partition coefficient (Wildman–Crippen LogP) is 0.598. The highest BCUT2D eigenvalue weighted by atomic mass is 35.5. The van der Waals surface area contributed by atoms with Gasteiger partial charge < -0.3 is 10.4 Å². The molecule has 0 aliphatic carbocycles. The van der Waals surface area contributed by atoms with Crippen LogP contribution in [-0.2, 0) is 0 Å². The standard InChI is InChI=1S/C8H14ClN5O/c1-8(2,4-15)13-6-5(9)3-11-7(12-6)14-10/h3,15H,4,10H2,1-2H3,(H2,11,12,13,14). The van der Waals surface area contributed by atoms with Crippen LogP contribution >= 0.6 is 11.6 Å². The van der Waals surface area contributed by atoms with Gasteiger partial charge in [0, 0.05) is 0 Å². The Kier molecular flexibility index (Phi) is 3.67. The van der Waals surface area contributed by atoms with Crippen molar-refractivity contribution in [3.8, 4) is 0 Å². The van der Waals surface area contributed by atoms with Crippen LogP contribution in [-0.4, -0.2) is 27.2 Å². The van der Waals surface area contributed by atoms with Crippen molar-refractivity contribution in [1.29, 1.82) is 0 Å². The summed E-state index contributed by atoms with van der Waals surface area (Å²) < 4.78 is 0. The lowest BCUT2D eigenvalue weighted by Crippen LogP contribution is -2.35. The van der Waals surface area contributed by atoms with Crippen molar-refractivity contribution in [3.05, 3.63) is 11.2 Å². The number of nitrogen functional groups attached to an aromatic ring is 1. The number of nitrogens with two attached hydrogens (primary N) is 1. The molecule has 0 unspecified atom stereocenters. The zero-order chi connectivity index (χ0) is 11.5. The normalized spacial score (nSPS) is 11.3. The molecule has 0 aliphatic heterocycles. The Balaban J connectivity index is 2.93. The van der Waals surface area contributed by atoms with E-state index >= 15 is 0 Å². The van der Waals surface area contributed by atoms with Crippen LogP contribution in [0.15, 0.2) is 6.20 Å². The summed E-state index contributed by atoms with van der Waals surface area (Å²) in [7, 11) is 0. The molecule has 1 rings (SSSR count). The van der Waals surface area contributed by atoms with Crippen LogP contribution in [0.2, 0.25) is 5.02 Å². The maximum atomic E-state index is 9.08. The molecule has 0 aromatic carbocycles. The second kappa shape index (κ2) is 4.61. The van der Waals surface area contributed by atoms with E-state index < -0.39 is 5.54 Å². The lowest BCUT2D eigenvalue weighted by atomic mass is 10.1. The Labute approximate surface area is 92.8 Å². The third-order valence-electron chi connectivity index (χ3n) is 1.73. The fraction of sp³-hybridized carbons (Fsp3) is 0.500. The number of aliphatic hydroxyl groups is 1. The van der Waals surface area contributed by atoms with Gasteiger partial charge in [-0.2, -0.15) is 4.98 Å². The number of aliphatic hydroxyl groups excluding tert-OH is 1. The van der Waals surface area contributed by atoms with E-state index in [0.717, 1.165) is 0 Å². The van der Waals surface area contributed by atoms with Crippen LogP contribution < -0.4 is 16.6 Å². The van der Waals surface area contributed by atoms with Crippen LogP contribution in [0.25, 0.3) is 0 Å². The largest absolute Gasteiger partial charge is 0.394 e. The lowest BCUT2D eigenvalue weighted by Gasteiger charge is -2.24. The molecular formula is C8H14ClN5O. The van der Waals surface area contributed by atoms with Gasteiger partial charge in [0.05, 0.1) is 18.3 Å². The van der Waals surface area contributed by atoms with Gasteiger partial charge in [-0.25, -0.2) is 10.8 Å². The minimum atomic E-state index is -0.510. The molecule has 0 saturated heterocycles. The summed E-state index contributed by atoms with van der Waals surface area (Å²) in [6, 6.07) is 0. The van der Waals surface area contributed by atoms with E-state index in [0.29, 0.717) is 10.8 Å². The number of nitrogens with one attached hydrogen (secondary N) is 2. The highest BCUT2D eigenvalue weighted by Gasteiger charge is 2.18. The maximum absolute atomic E-state index is 9.08. The highest BCUT2D eigenvalue weighted by molar-refractivity contribution is 6.32. The second-order valence-electron chi connectivity index (χ2n) is 3.70. The van der Waals surface area contributed by atoms with E-state index in [2.05, 4.69) is 20.7 Å².